The van der Waals surface area contributed by atoms with E-state index in [0.717, 1.165) is 83.3 Å². The Labute approximate surface area is 228 Å². The Morgan fingerprint density at radius 3 is 2.42 bits per heavy atom. The van der Waals surface area contributed by atoms with E-state index in [9.17, 15) is 17.6 Å². The number of anilines is 1. The number of alkyl halides is 3. The van der Waals surface area contributed by atoms with Crippen molar-refractivity contribution in [2.24, 2.45) is 11.8 Å². The number of hydrogen-bond acceptors (Lipinski definition) is 6. The van der Waals surface area contributed by atoms with Crippen molar-refractivity contribution in [3.8, 4) is 17.3 Å². The normalized spacial score (nSPS) is 24.2. The first-order valence-electron chi connectivity index (χ1n) is 14.1. The summed E-state index contributed by atoms with van der Waals surface area (Å²) in [5.41, 5.74) is -3.09. The molecule has 4 aliphatic rings. The molecule has 3 saturated heterocycles. The van der Waals surface area contributed by atoms with Crippen molar-refractivity contribution in [2.45, 2.75) is 56.7 Å². The van der Waals surface area contributed by atoms with Crippen LogP contribution in [0.2, 0.25) is 0 Å². The molecule has 1 saturated carbocycles. The van der Waals surface area contributed by atoms with Crippen molar-refractivity contribution in [1.29, 1.82) is 0 Å². The van der Waals surface area contributed by atoms with Gasteiger partial charge in [-0.1, -0.05) is 12.1 Å². The number of fused-ring (bicyclic) bond motifs is 4. The molecule has 1 aromatic carbocycles. The highest BCUT2D eigenvalue weighted by Gasteiger charge is 2.45. The van der Waals surface area contributed by atoms with Crippen LogP contribution in [0, 0.1) is 23.5 Å². The van der Waals surface area contributed by atoms with E-state index >= 15 is 4.39 Å². The van der Waals surface area contributed by atoms with E-state index < -0.39 is 34.6 Å². The average molecular weight is 560 g/mol. The number of halogens is 5. The third-order valence-corrected chi connectivity index (χ3v) is 9.38. The van der Waals surface area contributed by atoms with Crippen molar-refractivity contribution in [3.63, 3.8) is 0 Å². The molecule has 212 valence electrons. The summed E-state index contributed by atoms with van der Waals surface area (Å²) < 4.78 is 78.1. The van der Waals surface area contributed by atoms with Crippen molar-refractivity contribution < 1.29 is 26.7 Å². The molecule has 4 fully saturated rings. The summed E-state index contributed by atoms with van der Waals surface area (Å²) in [6.45, 7) is 3.91. The van der Waals surface area contributed by atoms with E-state index in [0.29, 0.717) is 35.7 Å². The van der Waals surface area contributed by atoms with Gasteiger partial charge >= 0.3 is 12.2 Å². The van der Waals surface area contributed by atoms with E-state index in [1.54, 1.807) is 0 Å². The van der Waals surface area contributed by atoms with E-state index in [2.05, 4.69) is 19.8 Å². The van der Waals surface area contributed by atoms with Crippen LogP contribution in [0.25, 0.3) is 22.2 Å². The second-order valence-electron chi connectivity index (χ2n) is 11.8. The van der Waals surface area contributed by atoms with Crippen molar-refractivity contribution in [1.82, 2.24) is 19.9 Å². The molecule has 0 amide bonds. The average Bonchev–Trinajstić information content (AvgIpc) is 3.60. The molecule has 11 heteroatoms. The molecular weight excluding hydrogens is 529 g/mol. The molecule has 1 aliphatic carbocycles. The molecule has 2 atom stereocenters. The Balaban J connectivity index is 1.34. The van der Waals surface area contributed by atoms with Crippen molar-refractivity contribution in [3.05, 3.63) is 41.6 Å². The van der Waals surface area contributed by atoms with Crippen molar-refractivity contribution in [2.75, 3.05) is 37.7 Å². The second kappa shape index (κ2) is 9.49. The van der Waals surface area contributed by atoms with Gasteiger partial charge in [-0.05, 0) is 75.9 Å². The summed E-state index contributed by atoms with van der Waals surface area (Å²) in [4.78, 5) is 17.8. The first-order chi connectivity index (χ1) is 19.2. The minimum absolute atomic E-state index is 0.000109. The van der Waals surface area contributed by atoms with Crippen LogP contribution in [0.4, 0.5) is 27.8 Å². The summed E-state index contributed by atoms with van der Waals surface area (Å²) in [6, 6.07) is 2.85. The fourth-order valence-corrected chi connectivity index (χ4v) is 7.57. The fourth-order valence-electron chi connectivity index (χ4n) is 7.57. The van der Waals surface area contributed by atoms with E-state index in [1.165, 1.54) is 6.20 Å². The summed E-state index contributed by atoms with van der Waals surface area (Å²) in [5.74, 6) is -1.03. The predicted octanol–water partition coefficient (Wildman–Crippen LogP) is 6.23. The minimum atomic E-state index is -5.03. The number of hydrogen-bond donors (Lipinski definition) is 0. The van der Waals surface area contributed by atoms with Gasteiger partial charge in [-0.25, -0.2) is 8.78 Å². The highest BCUT2D eigenvalue weighted by atomic mass is 19.4. The Morgan fingerprint density at radius 1 is 1.00 bits per heavy atom. The molecule has 3 aliphatic heterocycles. The Hall–Kier alpha value is -3.08. The molecule has 0 spiro atoms. The number of nitrogens with zero attached hydrogens (tertiary/aromatic N) is 5. The van der Waals surface area contributed by atoms with Gasteiger partial charge in [-0.15, -0.1) is 0 Å². The minimum Gasteiger partial charge on any atom is -0.461 e. The van der Waals surface area contributed by atoms with Crippen LogP contribution in [0.5, 0.6) is 6.01 Å². The lowest BCUT2D eigenvalue weighted by Crippen LogP contribution is -2.43. The molecule has 2 aromatic heterocycles. The van der Waals surface area contributed by atoms with E-state index in [-0.39, 0.29) is 17.1 Å². The van der Waals surface area contributed by atoms with Crippen LogP contribution in [-0.2, 0) is 6.18 Å². The van der Waals surface area contributed by atoms with Crippen LogP contribution in [0.3, 0.4) is 0 Å². The zero-order valence-electron chi connectivity index (χ0n) is 22.0. The number of ether oxygens (including phenoxy) is 1. The summed E-state index contributed by atoms with van der Waals surface area (Å²) in [6.07, 6.45) is 3.86. The van der Waals surface area contributed by atoms with Crippen LogP contribution in [0.15, 0.2) is 24.4 Å². The van der Waals surface area contributed by atoms with Gasteiger partial charge in [-0.3, -0.25) is 9.88 Å². The lowest BCUT2D eigenvalue weighted by Gasteiger charge is -2.34. The third kappa shape index (κ3) is 4.28. The number of aromatic nitrogens is 3. The van der Waals surface area contributed by atoms with Gasteiger partial charge in [-0.2, -0.15) is 23.1 Å². The van der Waals surface area contributed by atoms with Gasteiger partial charge in [0.2, 0.25) is 0 Å². The number of benzene rings is 1. The standard InChI is InChI=1S/C29H30F5N5O/c30-21-5-1-4-19(22(21)29(32,33)34)24-23(31)25-20(13-35-24)26(38-14-17-6-7-18(12-17)15-38)37-27(36-25)40-16-28-8-2-10-39(28)11-3-9-28/h1,4-5,13,17-18H,2-3,6-12,14-16H2. The first kappa shape index (κ1) is 25.9. The van der Waals surface area contributed by atoms with Crippen molar-refractivity contribution >= 4 is 16.7 Å². The third-order valence-electron chi connectivity index (χ3n) is 9.38. The SMILES string of the molecule is Fc1cccc(-c2ncc3c(N4CC5CCC(C5)C4)nc(OCC45CCCN4CCC5)nc3c2F)c1C(F)(F)F. The first-order valence-corrected chi connectivity index (χ1v) is 14.1. The van der Waals surface area contributed by atoms with E-state index in [1.807, 2.05) is 0 Å². The molecule has 7 rings (SSSR count). The molecular formula is C29H30F5N5O. The smallest absolute Gasteiger partial charge is 0.419 e. The monoisotopic (exact) mass is 559 g/mol. The van der Waals surface area contributed by atoms with Crippen LogP contribution in [0.1, 0.15) is 50.5 Å². The number of piperidine rings is 1. The quantitative estimate of drug-likeness (QED) is 0.346. The van der Waals surface area contributed by atoms with Crippen LogP contribution >= 0.6 is 0 Å². The molecule has 0 radical (unpaired) electrons. The molecule has 2 unspecified atom stereocenters. The molecule has 40 heavy (non-hydrogen) atoms. The van der Waals surface area contributed by atoms with E-state index in [4.69, 9.17) is 9.72 Å². The van der Waals surface area contributed by atoms with Gasteiger partial charge in [0.05, 0.1) is 10.9 Å². The summed E-state index contributed by atoms with van der Waals surface area (Å²) in [7, 11) is 0. The molecule has 6 nitrogen and oxygen atoms in total. The van der Waals surface area contributed by atoms with Gasteiger partial charge in [0.1, 0.15) is 35.0 Å². The lowest BCUT2D eigenvalue weighted by molar-refractivity contribution is -0.139. The maximum Gasteiger partial charge on any atom is 0.419 e. The summed E-state index contributed by atoms with van der Waals surface area (Å²) in [5, 5.41) is 0.307. The van der Waals surface area contributed by atoms with Gasteiger partial charge < -0.3 is 9.64 Å². The number of rotatable bonds is 5. The zero-order chi connectivity index (χ0) is 27.6. The molecule has 2 bridgehead atoms. The second-order valence-corrected chi connectivity index (χ2v) is 11.8. The fraction of sp³-hybridized carbons (Fsp3) is 0.552. The highest BCUT2D eigenvalue weighted by molar-refractivity contribution is 5.92. The Kier molecular flexibility index (Phi) is 6.14. The zero-order valence-corrected chi connectivity index (χ0v) is 22.0. The lowest BCUT2D eigenvalue weighted by atomic mass is 9.95. The highest BCUT2D eigenvalue weighted by Crippen LogP contribution is 2.43. The maximum absolute atomic E-state index is 16.2. The van der Waals surface area contributed by atoms with Gasteiger partial charge in [0.15, 0.2) is 5.82 Å². The Bertz CT molecular complexity index is 1440. The largest absolute Gasteiger partial charge is 0.461 e. The van der Waals surface area contributed by atoms with Gasteiger partial charge in [0, 0.05) is 24.8 Å². The summed E-state index contributed by atoms with van der Waals surface area (Å²) >= 11 is 0. The Morgan fingerprint density at radius 2 is 1.73 bits per heavy atom. The number of pyridine rings is 1. The van der Waals surface area contributed by atoms with Crippen LogP contribution < -0.4 is 9.64 Å². The topological polar surface area (TPSA) is 54.4 Å². The molecule has 0 N–H and O–H groups in total. The molecule has 5 heterocycles. The molecule has 3 aromatic rings. The van der Waals surface area contributed by atoms with Gasteiger partial charge in [0.25, 0.3) is 0 Å². The maximum atomic E-state index is 16.2. The van der Waals surface area contributed by atoms with Crippen LogP contribution in [-0.4, -0.2) is 58.2 Å². The predicted molar refractivity (Wildman–Crippen MR) is 139 cm³/mol.